The van der Waals surface area contributed by atoms with Gasteiger partial charge in [-0.15, -0.1) is 0 Å². The molecule has 0 bridgehead atoms. The molecule has 0 aliphatic rings. The van der Waals surface area contributed by atoms with Crippen LogP contribution in [0.2, 0.25) is 0 Å². The van der Waals surface area contributed by atoms with Gasteiger partial charge in [0, 0.05) is 18.1 Å². The maximum Gasteiger partial charge on any atom is 0.343 e. The number of aromatic nitrogens is 3. The van der Waals surface area contributed by atoms with Crippen molar-refractivity contribution in [2.75, 3.05) is 33.9 Å². The van der Waals surface area contributed by atoms with Gasteiger partial charge in [-0.25, -0.2) is 19.2 Å². The number of pyridine rings is 1. The molecule has 29 heavy (non-hydrogen) atoms. The number of nitrogens with zero attached hydrogens (tertiary/aromatic N) is 4. The molecule has 2 heterocycles. The summed E-state index contributed by atoms with van der Waals surface area (Å²) >= 11 is 0. The van der Waals surface area contributed by atoms with Crippen molar-refractivity contribution in [2.45, 2.75) is 6.92 Å². The molecule has 0 unspecified atom stereocenters. The van der Waals surface area contributed by atoms with Crippen LogP contribution in [-0.2, 0) is 4.74 Å². The zero-order valence-electron chi connectivity index (χ0n) is 16.4. The third-order valence-electron chi connectivity index (χ3n) is 4.11. The maximum atomic E-state index is 13.7. The van der Waals surface area contributed by atoms with Crippen LogP contribution in [0.3, 0.4) is 0 Å². The maximum absolute atomic E-state index is 13.7. The van der Waals surface area contributed by atoms with Crippen LogP contribution in [0.1, 0.15) is 17.3 Å². The average molecular weight is 400 g/mol. The van der Waals surface area contributed by atoms with E-state index in [2.05, 4.69) is 9.97 Å². The third kappa shape index (κ3) is 4.57. The molecule has 0 saturated carbocycles. The molecule has 0 saturated heterocycles. The van der Waals surface area contributed by atoms with Crippen molar-refractivity contribution in [2.24, 2.45) is 0 Å². The molecule has 0 amide bonds. The van der Waals surface area contributed by atoms with Gasteiger partial charge in [0.05, 0.1) is 24.5 Å². The second-order valence-electron chi connectivity index (χ2n) is 6.49. The van der Waals surface area contributed by atoms with Gasteiger partial charge in [0.2, 0.25) is 11.3 Å². The quantitative estimate of drug-likeness (QED) is 0.561. The first-order valence-corrected chi connectivity index (χ1v) is 9.02. The molecule has 0 spiro atoms. The van der Waals surface area contributed by atoms with Crippen LogP contribution in [0, 0.1) is 5.82 Å². The molecular formula is C20H21FN4O4. The lowest BCUT2D eigenvalue weighted by Gasteiger charge is -2.13. The highest BCUT2D eigenvalue weighted by molar-refractivity contribution is 5.94. The minimum Gasteiger partial charge on any atom is -0.475 e. The number of rotatable bonds is 7. The molecule has 3 aromatic rings. The lowest BCUT2D eigenvalue weighted by molar-refractivity contribution is 0.0524. The second kappa shape index (κ2) is 8.78. The van der Waals surface area contributed by atoms with Gasteiger partial charge in [-0.2, -0.15) is 0 Å². The number of likely N-dealkylation sites (N-methyl/N-ethyl adjacent to an activating group) is 1. The number of hydrogen-bond acceptors (Lipinski definition) is 7. The summed E-state index contributed by atoms with van der Waals surface area (Å²) in [5, 5.41) is 0.0451. The number of hydrogen-bond donors (Lipinski definition) is 0. The number of benzene rings is 1. The second-order valence-corrected chi connectivity index (χ2v) is 6.49. The van der Waals surface area contributed by atoms with Crippen molar-refractivity contribution < 1.29 is 18.7 Å². The van der Waals surface area contributed by atoms with E-state index in [4.69, 9.17) is 9.47 Å². The largest absolute Gasteiger partial charge is 0.475 e. The summed E-state index contributed by atoms with van der Waals surface area (Å²) < 4.78 is 25.7. The van der Waals surface area contributed by atoms with E-state index < -0.39 is 17.2 Å². The van der Waals surface area contributed by atoms with E-state index in [9.17, 15) is 14.0 Å². The van der Waals surface area contributed by atoms with Crippen LogP contribution in [0.5, 0.6) is 5.88 Å². The zero-order valence-corrected chi connectivity index (χ0v) is 16.4. The standard InChI is InChI=1S/C20H21FN4O4/c1-4-28-20(27)15-12-25(16-6-5-13(21)9-14(16)19(15)26)17-10-23-18(11-22-17)29-8-7-24(2)3/h5-6,9-12H,4,7-8H2,1-3H3. The Morgan fingerprint density at radius 2 is 2.03 bits per heavy atom. The Hall–Kier alpha value is -3.33. The fourth-order valence-corrected chi connectivity index (χ4v) is 2.69. The molecule has 2 aromatic heterocycles. The highest BCUT2D eigenvalue weighted by Crippen LogP contribution is 2.18. The van der Waals surface area contributed by atoms with Gasteiger partial charge >= 0.3 is 5.97 Å². The summed E-state index contributed by atoms with van der Waals surface area (Å²) in [7, 11) is 3.87. The molecule has 0 N–H and O–H groups in total. The fourth-order valence-electron chi connectivity index (χ4n) is 2.69. The van der Waals surface area contributed by atoms with E-state index in [1.165, 1.54) is 35.3 Å². The van der Waals surface area contributed by atoms with E-state index in [1.54, 1.807) is 6.92 Å². The van der Waals surface area contributed by atoms with Crippen LogP contribution in [0.25, 0.3) is 16.7 Å². The van der Waals surface area contributed by atoms with Gasteiger partial charge in [0.25, 0.3) is 0 Å². The number of carbonyl (C=O) groups is 1. The van der Waals surface area contributed by atoms with Crippen LogP contribution < -0.4 is 10.2 Å². The van der Waals surface area contributed by atoms with E-state index in [0.29, 0.717) is 23.8 Å². The normalized spacial score (nSPS) is 11.1. The van der Waals surface area contributed by atoms with Gasteiger partial charge in [-0.05, 0) is 39.2 Å². The first-order valence-electron chi connectivity index (χ1n) is 9.02. The van der Waals surface area contributed by atoms with Gasteiger partial charge in [0.1, 0.15) is 18.0 Å². The molecule has 0 atom stereocenters. The summed E-state index contributed by atoms with van der Waals surface area (Å²) in [6.45, 7) is 2.92. The smallest absolute Gasteiger partial charge is 0.343 e. The Morgan fingerprint density at radius 1 is 1.24 bits per heavy atom. The van der Waals surface area contributed by atoms with E-state index in [-0.39, 0.29) is 17.6 Å². The van der Waals surface area contributed by atoms with Crippen LogP contribution in [-0.4, -0.2) is 59.3 Å². The molecule has 3 rings (SSSR count). The number of carbonyl (C=O) groups excluding carboxylic acids is 1. The summed E-state index contributed by atoms with van der Waals surface area (Å²) in [6, 6.07) is 3.77. The molecule has 0 aliphatic carbocycles. The van der Waals surface area contributed by atoms with Gasteiger partial charge in [-0.3, -0.25) is 9.36 Å². The molecule has 0 radical (unpaired) electrons. The molecule has 1 aromatic carbocycles. The number of esters is 1. The first-order chi connectivity index (χ1) is 13.9. The number of halogens is 1. The molecular weight excluding hydrogens is 379 g/mol. The fraction of sp³-hybridized carbons (Fsp3) is 0.300. The average Bonchev–Trinajstić information content (AvgIpc) is 2.69. The minimum absolute atomic E-state index is 0.0451. The topological polar surface area (TPSA) is 86.6 Å². The van der Waals surface area contributed by atoms with Gasteiger partial charge < -0.3 is 14.4 Å². The van der Waals surface area contributed by atoms with Crippen molar-refractivity contribution in [3.05, 3.63) is 58.4 Å². The van der Waals surface area contributed by atoms with Gasteiger partial charge in [0.15, 0.2) is 5.82 Å². The predicted molar refractivity (Wildman–Crippen MR) is 105 cm³/mol. The molecule has 0 fully saturated rings. The summed E-state index contributed by atoms with van der Waals surface area (Å²) in [4.78, 5) is 35.4. The van der Waals surface area contributed by atoms with Crippen LogP contribution in [0.15, 0.2) is 41.6 Å². The third-order valence-corrected chi connectivity index (χ3v) is 4.11. The highest BCUT2D eigenvalue weighted by Gasteiger charge is 2.18. The molecule has 152 valence electrons. The first kappa shape index (κ1) is 20.4. The highest BCUT2D eigenvalue weighted by atomic mass is 19.1. The van der Waals surface area contributed by atoms with E-state index in [1.807, 2.05) is 19.0 Å². The van der Waals surface area contributed by atoms with Crippen molar-refractivity contribution in [1.82, 2.24) is 19.4 Å². The van der Waals surface area contributed by atoms with Crippen molar-refractivity contribution >= 4 is 16.9 Å². The monoisotopic (exact) mass is 400 g/mol. The van der Waals surface area contributed by atoms with Crippen LogP contribution >= 0.6 is 0 Å². The van der Waals surface area contributed by atoms with Crippen molar-refractivity contribution in [3.8, 4) is 11.7 Å². The number of ether oxygens (including phenoxy) is 2. The summed E-state index contributed by atoms with van der Waals surface area (Å²) in [5.41, 5.74) is -0.427. The lowest BCUT2D eigenvalue weighted by Crippen LogP contribution is -2.21. The summed E-state index contributed by atoms with van der Waals surface area (Å²) in [6.07, 6.45) is 4.23. The Morgan fingerprint density at radius 3 is 2.69 bits per heavy atom. The zero-order chi connectivity index (χ0) is 21.0. The van der Waals surface area contributed by atoms with Crippen molar-refractivity contribution in [3.63, 3.8) is 0 Å². The Balaban J connectivity index is 2.05. The Bertz CT molecular complexity index is 1080. The summed E-state index contributed by atoms with van der Waals surface area (Å²) in [5.74, 6) is -0.684. The molecule has 0 aliphatic heterocycles. The molecule has 8 nitrogen and oxygen atoms in total. The van der Waals surface area contributed by atoms with E-state index >= 15 is 0 Å². The van der Waals surface area contributed by atoms with Gasteiger partial charge in [-0.1, -0.05) is 0 Å². The molecule has 9 heteroatoms. The van der Waals surface area contributed by atoms with E-state index in [0.717, 1.165) is 12.6 Å². The van der Waals surface area contributed by atoms with Crippen molar-refractivity contribution in [1.29, 1.82) is 0 Å². The Kier molecular flexibility index (Phi) is 6.18. The lowest BCUT2D eigenvalue weighted by atomic mass is 10.1. The Labute approximate surface area is 166 Å². The number of fused-ring (bicyclic) bond motifs is 1. The predicted octanol–water partition coefficient (Wildman–Crippen LogP) is 2.04. The van der Waals surface area contributed by atoms with Crippen LogP contribution in [0.4, 0.5) is 4.39 Å². The minimum atomic E-state index is -0.783. The SMILES string of the molecule is CCOC(=O)c1cn(-c2cnc(OCCN(C)C)cn2)c2ccc(F)cc2c1=O.